The van der Waals surface area contributed by atoms with Crippen LogP contribution in [0.1, 0.15) is 64.5 Å². The molecule has 10 nitrogen and oxygen atoms in total. The maximum Gasteiger partial charge on any atom is 0.347 e. The number of phenols is 3. The predicted molar refractivity (Wildman–Crippen MR) is 136 cm³/mol. The minimum Gasteiger partial charge on any atom is -0.508 e. The van der Waals surface area contributed by atoms with Gasteiger partial charge in [0.05, 0.1) is 7.11 Å². The summed E-state index contributed by atoms with van der Waals surface area (Å²) < 4.78 is 16.6. The van der Waals surface area contributed by atoms with Crippen LogP contribution in [0.4, 0.5) is 0 Å². The molecular formula is C28H28O10. The number of aromatic carboxylic acids is 1. The largest absolute Gasteiger partial charge is 0.508 e. The highest BCUT2D eigenvalue weighted by Gasteiger charge is 2.28. The fourth-order valence-corrected chi connectivity index (χ4v) is 4.31. The van der Waals surface area contributed by atoms with Gasteiger partial charge in [-0.2, -0.15) is 0 Å². The van der Waals surface area contributed by atoms with Gasteiger partial charge < -0.3 is 34.6 Å². The van der Waals surface area contributed by atoms with Crippen molar-refractivity contribution >= 4 is 17.9 Å². The smallest absolute Gasteiger partial charge is 0.347 e. The fourth-order valence-electron chi connectivity index (χ4n) is 4.31. The minimum absolute atomic E-state index is 0.0166. The van der Waals surface area contributed by atoms with E-state index < -0.39 is 29.4 Å². The van der Waals surface area contributed by atoms with E-state index >= 15 is 0 Å². The van der Waals surface area contributed by atoms with Gasteiger partial charge in [-0.1, -0.05) is 0 Å². The summed E-state index contributed by atoms with van der Waals surface area (Å²) in [5, 5.41) is 39.6. The van der Waals surface area contributed by atoms with Crippen molar-refractivity contribution in [3.63, 3.8) is 0 Å². The van der Waals surface area contributed by atoms with E-state index in [2.05, 4.69) is 0 Å². The summed E-state index contributed by atoms with van der Waals surface area (Å²) in [7, 11) is 1.33. The Hall–Kier alpha value is -4.73. The first-order valence-corrected chi connectivity index (χ1v) is 11.4. The minimum atomic E-state index is -1.31. The number of benzene rings is 3. The number of aryl methyl sites for hydroxylation is 2. The molecule has 0 fully saturated rings. The predicted octanol–water partition coefficient (Wildman–Crippen LogP) is 4.80. The first-order chi connectivity index (χ1) is 17.7. The lowest BCUT2D eigenvalue weighted by Gasteiger charge is -2.20. The molecule has 0 aliphatic carbocycles. The topological polar surface area (TPSA) is 160 Å². The number of rotatable bonds is 6. The number of ether oxygens (including phenoxy) is 3. The van der Waals surface area contributed by atoms with Gasteiger partial charge in [-0.15, -0.1) is 0 Å². The molecule has 0 aliphatic rings. The normalized spacial score (nSPS) is 10.7. The summed E-state index contributed by atoms with van der Waals surface area (Å²) in [5.74, 6) is -4.02. The highest BCUT2D eigenvalue weighted by atomic mass is 16.5. The van der Waals surface area contributed by atoms with Crippen LogP contribution in [0.15, 0.2) is 18.2 Å². The number of carbonyl (C=O) groups excluding carboxylic acids is 2. The van der Waals surface area contributed by atoms with Crippen molar-refractivity contribution < 1.29 is 49.0 Å². The van der Waals surface area contributed by atoms with Crippen molar-refractivity contribution in [1.82, 2.24) is 0 Å². The highest BCUT2D eigenvalue weighted by molar-refractivity contribution is 5.99. The molecule has 0 saturated carbocycles. The molecule has 4 N–H and O–H groups in total. The molecule has 0 amide bonds. The van der Waals surface area contributed by atoms with E-state index in [-0.39, 0.29) is 50.8 Å². The summed E-state index contributed by atoms with van der Waals surface area (Å²) in [5.41, 5.74) is 1.26. The van der Waals surface area contributed by atoms with E-state index in [0.717, 1.165) is 6.07 Å². The zero-order valence-corrected chi connectivity index (χ0v) is 22.0. The third-order valence-electron chi connectivity index (χ3n) is 6.41. The van der Waals surface area contributed by atoms with E-state index in [0.29, 0.717) is 22.3 Å². The van der Waals surface area contributed by atoms with Gasteiger partial charge in [-0.25, -0.2) is 14.4 Å². The van der Waals surface area contributed by atoms with Crippen LogP contribution >= 0.6 is 0 Å². The SMILES string of the molecule is COc1c(C)c(OC(=O)c2c(C)cc(O)cc2O)cc(C)c1C(=O)Oc1c(C)c(C)c(C(=O)O)c(O)c1C. The zero-order chi connectivity index (χ0) is 28.6. The Kier molecular flexibility index (Phi) is 7.57. The number of methoxy groups -OCH3 is 1. The Balaban J connectivity index is 2.04. The molecule has 0 radical (unpaired) electrons. The Morgan fingerprint density at radius 1 is 0.658 bits per heavy atom. The summed E-state index contributed by atoms with van der Waals surface area (Å²) in [6, 6.07) is 3.77. The van der Waals surface area contributed by atoms with Crippen LogP contribution in [-0.2, 0) is 0 Å². The van der Waals surface area contributed by atoms with Crippen molar-refractivity contribution in [1.29, 1.82) is 0 Å². The third-order valence-corrected chi connectivity index (χ3v) is 6.41. The van der Waals surface area contributed by atoms with Crippen LogP contribution in [0.3, 0.4) is 0 Å². The van der Waals surface area contributed by atoms with Gasteiger partial charge in [0.25, 0.3) is 0 Å². The average Bonchev–Trinajstić information content (AvgIpc) is 2.81. The van der Waals surface area contributed by atoms with E-state index in [1.165, 1.54) is 40.0 Å². The molecule has 0 unspecified atom stereocenters. The molecule has 0 aromatic heterocycles. The number of carboxylic acids is 1. The molecule has 0 saturated heterocycles. The molecule has 200 valence electrons. The maximum atomic E-state index is 13.3. The van der Waals surface area contributed by atoms with Gasteiger partial charge in [0, 0.05) is 17.2 Å². The lowest BCUT2D eigenvalue weighted by molar-refractivity contribution is 0.0689. The van der Waals surface area contributed by atoms with Crippen LogP contribution in [0.2, 0.25) is 0 Å². The van der Waals surface area contributed by atoms with Crippen molar-refractivity contribution in [3.8, 4) is 34.5 Å². The molecular weight excluding hydrogens is 496 g/mol. The van der Waals surface area contributed by atoms with Crippen LogP contribution in [-0.4, -0.2) is 45.4 Å². The zero-order valence-electron chi connectivity index (χ0n) is 22.0. The Morgan fingerprint density at radius 3 is 1.79 bits per heavy atom. The molecule has 10 heteroatoms. The molecule has 3 rings (SSSR count). The second-order valence-electron chi connectivity index (χ2n) is 8.89. The molecule has 0 heterocycles. The molecule has 0 bridgehead atoms. The molecule has 3 aromatic rings. The van der Waals surface area contributed by atoms with E-state index in [1.54, 1.807) is 20.8 Å². The van der Waals surface area contributed by atoms with Gasteiger partial charge in [0.1, 0.15) is 51.2 Å². The lowest BCUT2D eigenvalue weighted by Crippen LogP contribution is -2.17. The summed E-state index contributed by atoms with van der Waals surface area (Å²) in [6.45, 7) is 9.19. The van der Waals surface area contributed by atoms with Crippen LogP contribution in [0.25, 0.3) is 0 Å². The second kappa shape index (κ2) is 10.3. The number of carbonyl (C=O) groups is 3. The fraction of sp³-hybridized carbons (Fsp3) is 0.250. The average molecular weight is 525 g/mol. The number of hydrogen-bond donors (Lipinski definition) is 4. The standard InChI is InChI=1S/C28H28O10/c1-11-8-17(29)10-18(30)20(11)27(34)37-19-9-12(2)21(25(36-7)15(19)5)28(35)38-24-14(4)13(3)22(26(32)33)23(31)16(24)6/h8-10,29-31H,1-7H3,(H,32,33). The van der Waals surface area contributed by atoms with Crippen LogP contribution in [0.5, 0.6) is 34.5 Å². The lowest BCUT2D eigenvalue weighted by atomic mass is 9.97. The van der Waals surface area contributed by atoms with Crippen LogP contribution in [0, 0.1) is 41.5 Å². The van der Waals surface area contributed by atoms with Crippen molar-refractivity contribution in [2.45, 2.75) is 41.5 Å². The Labute approximate surface area is 218 Å². The molecule has 38 heavy (non-hydrogen) atoms. The van der Waals surface area contributed by atoms with Crippen molar-refractivity contribution in [2.75, 3.05) is 7.11 Å². The quantitative estimate of drug-likeness (QED) is 0.260. The van der Waals surface area contributed by atoms with E-state index in [4.69, 9.17) is 14.2 Å². The monoisotopic (exact) mass is 524 g/mol. The van der Waals surface area contributed by atoms with Crippen molar-refractivity contribution in [3.05, 3.63) is 68.3 Å². The number of hydrogen-bond acceptors (Lipinski definition) is 9. The van der Waals surface area contributed by atoms with Gasteiger partial charge in [-0.3, -0.25) is 0 Å². The van der Waals surface area contributed by atoms with Crippen molar-refractivity contribution in [2.24, 2.45) is 0 Å². The van der Waals surface area contributed by atoms with E-state index in [1.807, 2.05) is 0 Å². The molecule has 3 aromatic carbocycles. The van der Waals surface area contributed by atoms with Gasteiger partial charge in [0.15, 0.2) is 0 Å². The number of phenolic OH excluding ortho intramolecular Hbond substituents is 2. The molecule has 0 spiro atoms. The highest BCUT2D eigenvalue weighted by Crippen LogP contribution is 2.40. The first kappa shape index (κ1) is 27.9. The Bertz CT molecular complexity index is 1450. The van der Waals surface area contributed by atoms with E-state index in [9.17, 15) is 34.8 Å². The number of aromatic hydroxyl groups is 3. The third kappa shape index (κ3) is 4.80. The maximum absolute atomic E-state index is 13.3. The van der Waals surface area contributed by atoms with Gasteiger partial charge >= 0.3 is 17.9 Å². The van der Waals surface area contributed by atoms with Gasteiger partial charge in [0.2, 0.25) is 0 Å². The molecule has 0 aliphatic heterocycles. The first-order valence-electron chi connectivity index (χ1n) is 11.4. The summed E-state index contributed by atoms with van der Waals surface area (Å²) in [6.07, 6.45) is 0. The number of esters is 2. The number of carboxylic acid groups (broad SMARTS) is 1. The summed E-state index contributed by atoms with van der Waals surface area (Å²) in [4.78, 5) is 37.7. The Morgan fingerprint density at radius 2 is 1.24 bits per heavy atom. The second-order valence-corrected chi connectivity index (χ2v) is 8.89. The van der Waals surface area contributed by atoms with Crippen LogP contribution < -0.4 is 14.2 Å². The molecule has 0 atom stereocenters. The summed E-state index contributed by atoms with van der Waals surface area (Å²) >= 11 is 0. The van der Waals surface area contributed by atoms with Gasteiger partial charge in [-0.05, 0) is 75.9 Å².